The maximum Gasteiger partial charge on any atom is 0.306 e. The molecule has 2 aromatic carbocycles. The van der Waals surface area contributed by atoms with Crippen LogP contribution in [-0.4, -0.2) is 43.5 Å². The van der Waals surface area contributed by atoms with E-state index in [9.17, 15) is 14.4 Å². The summed E-state index contributed by atoms with van der Waals surface area (Å²) in [5.74, 6) is 0.0169. The minimum absolute atomic E-state index is 0.00521. The zero-order valence-corrected chi connectivity index (χ0v) is 16.3. The highest BCUT2D eigenvalue weighted by atomic mass is 35.5. The maximum absolute atomic E-state index is 12.0. The van der Waals surface area contributed by atoms with E-state index in [2.05, 4.69) is 5.32 Å². The fraction of sp³-hybridized carbons (Fsp3) is 0.286. The van der Waals surface area contributed by atoms with E-state index in [0.29, 0.717) is 28.7 Å². The summed E-state index contributed by atoms with van der Waals surface area (Å²) >= 11 is 5.77. The molecule has 0 bridgehead atoms. The van der Waals surface area contributed by atoms with Crippen LogP contribution in [0.4, 0.5) is 0 Å². The van der Waals surface area contributed by atoms with Crippen molar-refractivity contribution in [1.29, 1.82) is 0 Å². The molecule has 1 aliphatic rings. The largest absolute Gasteiger partial charge is 0.486 e. The number of esters is 1. The zero-order chi connectivity index (χ0) is 20.6. The predicted molar refractivity (Wildman–Crippen MR) is 105 cm³/mol. The summed E-state index contributed by atoms with van der Waals surface area (Å²) in [6.45, 7) is 0.113. The van der Waals surface area contributed by atoms with Gasteiger partial charge >= 0.3 is 5.97 Å². The number of nitrogens with one attached hydrogen (secondary N) is 1. The van der Waals surface area contributed by atoms with Crippen LogP contribution in [0.15, 0.2) is 48.5 Å². The fourth-order valence-corrected chi connectivity index (χ4v) is 2.78. The normalized spacial score (nSPS) is 14.7. The second-order valence-corrected chi connectivity index (χ2v) is 6.83. The summed E-state index contributed by atoms with van der Waals surface area (Å²) in [5.41, 5.74) is 0.469. The molecule has 152 valence electrons. The highest BCUT2D eigenvalue weighted by Gasteiger charge is 2.21. The Morgan fingerprint density at radius 1 is 1.03 bits per heavy atom. The second kappa shape index (κ2) is 9.93. The molecule has 0 aliphatic carbocycles. The monoisotopic (exact) mass is 417 g/mol. The number of fused-ring (bicyclic) bond motifs is 1. The van der Waals surface area contributed by atoms with E-state index < -0.39 is 18.5 Å². The van der Waals surface area contributed by atoms with Crippen molar-refractivity contribution in [3.63, 3.8) is 0 Å². The van der Waals surface area contributed by atoms with Crippen molar-refractivity contribution < 1.29 is 28.6 Å². The number of carbonyl (C=O) groups excluding carboxylic acids is 3. The molecule has 1 amide bonds. The molecule has 0 saturated carbocycles. The van der Waals surface area contributed by atoms with Gasteiger partial charge in [-0.3, -0.25) is 14.4 Å². The Morgan fingerprint density at radius 3 is 2.52 bits per heavy atom. The molecule has 29 heavy (non-hydrogen) atoms. The summed E-state index contributed by atoms with van der Waals surface area (Å²) in [5, 5.41) is 3.16. The lowest BCUT2D eigenvalue weighted by Crippen LogP contribution is -2.42. The lowest BCUT2D eigenvalue weighted by Gasteiger charge is -2.26. The Bertz CT molecular complexity index is 883. The van der Waals surface area contributed by atoms with Crippen molar-refractivity contribution in [2.75, 3.05) is 19.8 Å². The van der Waals surface area contributed by atoms with Crippen LogP contribution in [0.3, 0.4) is 0 Å². The average molecular weight is 418 g/mol. The molecular formula is C21H20ClNO6. The minimum atomic E-state index is -0.617. The molecule has 8 heteroatoms. The van der Waals surface area contributed by atoms with Crippen LogP contribution in [0.5, 0.6) is 11.5 Å². The fourth-order valence-electron chi connectivity index (χ4n) is 2.66. The van der Waals surface area contributed by atoms with Crippen molar-refractivity contribution in [2.45, 2.75) is 18.9 Å². The molecule has 0 fully saturated rings. The van der Waals surface area contributed by atoms with Gasteiger partial charge in [-0.15, -0.1) is 0 Å². The number of ketones is 1. The molecule has 2 aromatic rings. The van der Waals surface area contributed by atoms with Gasteiger partial charge in [-0.1, -0.05) is 23.7 Å². The van der Waals surface area contributed by atoms with Gasteiger partial charge in [0.2, 0.25) is 0 Å². The zero-order valence-electron chi connectivity index (χ0n) is 15.6. The first kappa shape index (κ1) is 20.7. The summed E-state index contributed by atoms with van der Waals surface area (Å²) in [4.78, 5) is 35.6. The SMILES string of the molecule is O=C(COC(=O)CCC(=O)c1ccc(Cl)cc1)NC[C@@H]1COc2ccccc2O1. The van der Waals surface area contributed by atoms with Crippen molar-refractivity contribution in [3.8, 4) is 11.5 Å². The first-order valence-corrected chi connectivity index (χ1v) is 9.48. The number of para-hydroxylation sites is 2. The molecule has 0 saturated heterocycles. The number of amides is 1. The molecule has 1 N–H and O–H groups in total. The molecule has 0 radical (unpaired) electrons. The van der Waals surface area contributed by atoms with Crippen molar-refractivity contribution in [1.82, 2.24) is 5.32 Å². The van der Waals surface area contributed by atoms with Gasteiger partial charge in [0.25, 0.3) is 5.91 Å². The van der Waals surface area contributed by atoms with Gasteiger partial charge in [0.15, 0.2) is 23.9 Å². The third-order valence-corrected chi connectivity index (χ3v) is 4.43. The van der Waals surface area contributed by atoms with Gasteiger partial charge in [-0.05, 0) is 36.4 Å². The van der Waals surface area contributed by atoms with Crippen LogP contribution >= 0.6 is 11.6 Å². The molecule has 7 nitrogen and oxygen atoms in total. The number of carbonyl (C=O) groups is 3. The van der Waals surface area contributed by atoms with Crippen molar-refractivity contribution in [3.05, 3.63) is 59.1 Å². The van der Waals surface area contributed by atoms with Gasteiger partial charge < -0.3 is 19.5 Å². The Labute approximate surface area is 172 Å². The van der Waals surface area contributed by atoms with Crippen molar-refractivity contribution in [2.24, 2.45) is 0 Å². The Hall–Kier alpha value is -3.06. The van der Waals surface area contributed by atoms with Crippen LogP contribution in [0.25, 0.3) is 0 Å². The van der Waals surface area contributed by atoms with Gasteiger partial charge in [0, 0.05) is 17.0 Å². The van der Waals surface area contributed by atoms with E-state index in [4.69, 9.17) is 25.8 Å². The predicted octanol–water partition coefficient (Wildman–Crippen LogP) is 2.80. The van der Waals surface area contributed by atoms with E-state index in [1.807, 2.05) is 12.1 Å². The highest BCUT2D eigenvalue weighted by molar-refractivity contribution is 6.30. The quantitative estimate of drug-likeness (QED) is 0.524. The maximum atomic E-state index is 12.0. The molecule has 0 spiro atoms. The van der Waals surface area contributed by atoms with E-state index in [-0.39, 0.29) is 31.3 Å². The number of halogens is 1. The molecule has 3 rings (SSSR count). The van der Waals surface area contributed by atoms with Crippen LogP contribution < -0.4 is 14.8 Å². The molecule has 0 aromatic heterocycles. The van der Waals surface area contributed by atoms with Gasteiger partial charge in [0.05, 0.1) is 13.0 Å². The number of ether oxygens (including phenoxy) is 3. The molecular weight excluding hydrogens is 398 g/mol. The van der Waals surface area contributed by atoms with E-state index in [0.717, 1.165) is 0 Å². The van der Waals surface area contributed by atoms with Gasteiger partial charge in [-0.2, -0.15) is 0 Å². The number of rotatable bonds is 8. The van der Waals surface area contributed by atoms with Crippen LogP contribution in [0.2, 0.25) is 5.02 Å². The minimum Gasteiger partial charge on any atom is -0.486 e. The van der Waals surface area contributed by atoms with Crippen molar-refractivity contribution >= 4 is 29.3 Å². The van der Waals surface area contributed by atoms with E-state index in [1.165, 1.54) is 0 Å². The summed E-state index contributed by atoms with van der Waals surface area (Å²) in [6.07, 6.45) is -0.443. The number of hydrogen-bond donors (Lipinski definition) is 1. The lowest BCUT2D eigenvalue weighted by atomic mass is 10.1. The number of benzene rings is 2. The summed E-state index contributed by atoms with van der Waals surface area (Å²) in [7, 11) is 0. The molecule has 1 aliphatic heterocycles. The Morgan fingerprint density at radius 2 is 1.76 bits per heavy atom. The van der Waals surface area contributed by atoms with Crippen LogP contribution in [0, 0.1) is 0 Å². The van der Waals surface area contributed by atoms with Gasteiger partial charge in [-0.25, -0.2) is 0 Å². The molecule has 1 atom stereocenters. The smallest absolute Gasteiger partial charge is 0.306 e. The van der Waals surface area contributed by atoms with E-state index >= 15 is 0 Å². The lowest BCUT2D eigenvalue weighted by molar-refractivity contribution is -0.148. The molecule has 0 unspecified atom stereocenters. The van der Waals surface area contributed by atoms with Crippen LogP contribution in [-0.2, 0) is 14.3 Å². The highest BCUT2D eigenvalue weighted by Crippen LogP contribution is 2.30. The Kier molecular flexibility index (Phi) is 7.08. The van der Waals surface area contributed by atoms with Crippen LogP contribution in [0.1, 0.15) is 23.2 Å². The third kappa shape index (κ3) is 6.22. The molecule has 1 heterocycles. The van der Waals surface area contributed by atoms with E-state index in [1.54, 1.807) is 36.4 Å². The summed E-state index contributed by atoms with van der Waals surface area (Å²) in [6, 6.07) is 13.7. The van der Waals surface area contributed by atoms with Gasteiger partial charge in [0.1, 0.15) is 12.7 Å². The average Bonchev–Trinajstić information content (AvgIpc) is 2.75. The number of hydrogen-bond acceptors (Lipinski definition) is 6. The Balaban J connectivity index is 1.32. The second-order valence-electron chi connectivity index (χ2n) is 6.39. The number of Topliss-reactive ketones (excluding diaryl/α,β-unsaturated/α-hetero) is 1. The first-order valence-electron chi connectivity index (χ1n) is 9.11. The summed E-state index contributed by atoms with van der Waals surface area (Å²) < 4.78 is 16.2. The topological polar surface area (TPSA) is 90.9 Å². The third-order valence-electron chi connectivity index (χ3n) is 4.18. The standard InChI is InChI=1S/C21H20ClNO6/c22-15-7-5-14(6-8-15)17(24)9-10-21(26)28-13-20(25)23-11-16-12-27-18-3-1-2-4-19(18)29-16/h1-8,16H,9-13H2,(H,23,25)/t16-/m1/s1. The first-order chi connectivity index (χ1) is 14.0.